The molecule has 2 nitrogen and oxygen atoms in total. The van der Waals surface area contributed by atoms with Crippen LogP contribution in [0.25, 0.3) is 0 Å². The van der Waals surface area contributed by atoms with E-state index in [1.807, 2.05) is 0 Å². The molecule has 1 N–H and O–H groups in total. The molecule has 2 unspecified atom stereocenters. The maximum atomic E-state index is 3.55. The Morgan fingerprint density at radius 2 is 2.30 bits per heavy atom. The minimum Gasteiger partial charge on any atom is -0.314 e. The zero-order valence-corrected chi connectivity index (χ0v) is 8.17. The van der Waals surface area contributed by atoms with Gasteiger partial charge in [0.2, 0.25) is 0 Å². The third kappa shape index (κ3) is 1.31. The molecule has 0 bridgehead atoms. The first-order valence-corrected chi connectivity index (χ1v) is 4.97. The highest BCUT2D eigenvalue weighted by Crippen LogP contribution is 2.25. The van der Waals surface area contributed by atoms with Gasteiger partial charge in [0.25, 0.3) is 0 Å². The van der Waals surface area contributed by atoms with E-state index in [1.165, 1.54) is 32.5 Å². The molecule has 10 heavy (non-hydrogen) atoms. The van der Waals surface area contributed by atoms with Gasteiger partial charge in [-0.2, -0.15) is 0 Å². The fourth-order valence-electron chi connectivity index (χ4n) is 2.00. The van der Waals surface area contributed by atoms with Gasteiger partial charge in [0.1, 0.15) is 0 Å². The van der Waals surface area contributed by atoms with Gasteiger partial charge in [-0.05, 0) is 25.3 Å². The van der Waals surface area contributed by atoms with Crippen LogP contribution in [0.15, 0.2) is 0 Å². The van der Waals surface area contributed by atoms with E-state index < -0.39 is 0 Å². The Hall–Kier alpha value is 0.650. The van der Waals surface area contributed by atoms with Gasteiger partial charge in [0, 0.05) is 42.0 Å². The lowest BCUT2D eigenvalue weighted by molar-refractivity contribution is 0.279. The maximum Gasteiger partial charge on any atom is 0.0201 e. The predicted molar refractivity (Wildman–Crippen MR) is 50.1 cm³/mol. The van der Waals surface area contributed by atoms with E-state index in [1.54, 1.807) is 0 Å². The summed E-state index contributed by atoms with van der Waals surface area (Å²) in [6.45, 7) is 3.83. The first-order chi connectivity index (χ1) is 4.86. The number of rotatable bonds is 0. The molecule has 2 aliphatic heterocycles. The van der Waals surface area contributed by atoms with Gasteiger partial charge in [0.05, 0.1) is 0 Å². The van der Waals surface area contributed by atoms with E-state index >= 15 is 0 Å². The van der Waals surface area contributed by atoms with Crippen LogP contribution in [0.5, 0.6) is 0 Å². The van der Waals surface area contributed by atoms with Crippen LogP contribution in [0.3, 0.4) is 0 Å². The lowest BCUT2D eigenvalue weighted by Gasteiger charge is -2.30. The summed E-state index contributed by atoms with van der Waals surface area (Å²) in [5, 5.41) is 3.55. The molecule has 2 rings (SSSR count). The van der Waals surface area contributed by atoms with Crippen molar-refractivity contribution >= 4 is 22.9 Å². The summed E-state index contributed by atoms with van der Waals surface area (Å²) in [4.78, 5) is 0. The molecule has 0 aromatic heterocycles. The normalized spacial score (nSPS) is 41.7. The van der Waals surface area contributed by atoms with Crippen LogP contribution >= 0.6 is 22.9 Å². The Labute approximate surface area is 75.8 Å². The number of nitrogens with zero attached hydrogens (tertiary/aromatic N) is 1. The van der Waals surface area contributed by atoms with Crippen LogP contribution in [-0.4, -0.2) is 28.8 Å². The van der Waals surface area contributed by atoms with Crippen molar-refractivity contribution in [2.24, 2.45) is 5.92 Å². The summed E-state index contributed by atoms with van der Waals surface area (Å²) in [6.07, 6.45) is 2.75. The lowest BCUT2D eigenvalue weighted by Crippen LogP contribution is -2.40. The number of nitrogens with one attached hydrogen (secondary N) is 1. The number of fused-ring (bicyclic) bond motifs is 1. The predicted octanol–water partition coefficient (Wildman–Crippen LogP) is 1.02. The molecule has 0 aliphatic carbocycles. The van der Waals surface area contributed by atoms with Crippen molar-refractivity contribution in [1.82, 2.24) is 8.43 Å². The highest BCUT2D eigenvalue weighted by Gasteiger charge is 2.31. The molecule has 2 fully saturated rings. The Kier molecular flexibility index (Phi) is 2.15. The molecule has 2 aliphatic rings. The molecule has 58 valence electrons. The second-order valence-electron chi connectivity index (χ2n) is 3.27. The molecule has 2 heterocycles. The van der Waals surface area contributed by atoms with Gasteiger partial charge in [-0.3, -0.25) is 0 Å². The number of halogens is 1. The van der Waals surface area contributed by atoms with Crippen molar-refractivity contribution in [3.8, 4) is 0 Å². The van der Waals surface area contributed by atoms with E-state index in [-0.39, 0.29) is 0 Å². The van der Waals surface area contributed by atoms with Crippen molar-refractivity contribution in [3.63, 3.8) is 0 Å². The minimum absolute atomic E-state index is 0.853. The zero-order chi connectivity index (χ0) is 6.97. The molecule has 0 aromatic rings. The summed E-state index contributed by atoms with van der Waals surface area (Å²) in [5.74, 6) is 0.950. The molecule has 3 heteroatoms. The van der Waals surface area contributed by atoms with Gasteiger partial charge >= 0.3 is 0 Å². The topological polar surface area (TPSA) is 15.3 Å². The second kappa shape index (κ2) is 2.95. The Balaban J connectivity index is 1.96. The average molecular weight is 252 g/mol. The van der Waals surface area contributed by atoms with E-state index in [9.17, 15) is 0 Å². The van der Waals surface area contributed by atoms with Crippen molar-refractivity contribution in [2.75, 3.05) is 19.6 Å². The van der Waals surface area contributed by atoms with Crippen LogP contribution in [0.1, 0.15) is 12.8 Å². The van der Waals surface area contributed by atoms with E-state index in [0.29, 0.717) is 0 Å². The molecule has 2 atom stereocenters. The molecule has 0 spiro atoms. The SMILES string of the molecule is IN1CCC2NCCC2C1. The summed E-state index contributed by atoms with van der Waals surface area (Å²) < 4.78 is 2.42. The molecule has 0 saturated carbocycles. The highest BCUT2D eigenvalue weighted by molar-refractivity contribution is 14.1. The van der Waals surface area contributed by atoms with E-state index in [0.717, 1.165) is 12.0 Å². The minimum atomic E-state index is 0.853. The fraction of sp³-hybridized carbons (Fsp3) is 1.00. The van der Waals surface area contributed by atoms with Gasteiger partial charge in [-0.1, -0.05) is 0 Å². The monoisotopic (exact) mass is 252 g/mol. The van der Waals surface area contributed by atoms with Crippen molar-refractivity contribution in [1.29, 1.82) is 0 Å². The zero-order valence-electron chi connectivity index (χ0n) is 6.02. The van der Waals surface area contributed by atoms with Gasteiger partial charge in [-0.15, -0.1) is 0 Å². The Bertz CT molecular complexity index is 129. The lowest BCUT2D eigenvalue weighted by atomic mass is 9.95. The molecule has 2 saturated heterocycles. The number of hydrogen-bond donors (Lipinski definition) is 1. The van der Waals surface area contributed by atoms with Crippen LogP contribution in [0.4, 0.5) is 0 Å². The summed E-state index contributed by atoms with van der Waals surface area (Å²) in [5.41, 5.74) is 0. The largest absolute Gasteiger partial charge is 0.314 e. The fourth-order valence-corrected chi connectivity index (χ4v) is 2.79. The number of piperidine rings is 1. The van der Waals surface area contributed by atoms with Crippen LogP contribution in [0.2, 0.25) is 0 Å². The van der Waals surface area contributed by atoms with Crippen molar-refractivity contribution in [3.05, 3.63) is 0 Å². The first-order valence-electron chi connectivity index (χ1n) is 4.00. The highest BCUT2D eigenvalue weighted by atomic mass is 127. The maximum absolute atomic E-state index is 3.55. The Morgan fingerprint density at radius 3 is 3.20 bits per heavy atom. The molecular formula is C7H13IN2. The Morgan fingerprint density at radius 1 is 1.40 bits per heavy atom. The van der Waals surface area contributed by atoms with Crippen LogP contribution < -0.4 is 5.32 Å². The number of hydrogen-bond acceptors (Lipinski definition) is 2. The molecule has 0 radical (unpaired) electrons. The van der Waals surface area contributed by atoms with Crippen molar-refractivity contribution < 1.29 is 0 Å². The van der Waals surface area contributed by atoms with Gasteiger partial charge < -0.3 is 5.32 Å². The molecular weight excluding hydrogens is 239 g/mol. The van der Waals surface area contributed by atoms with Crippen LogP contribution in [0, 0.1) is 5.92 Å². The summed E-state index contributed by atoms with van der Waals surface area (Å²) in [6, 6.07) is 0.853. The summed E-state index contributed by atoms with van der Waals surface area (Å²) in [7, 11) is 0. The second-order valence-corrected chi connectivity index (χ2v) is 4.63. The average Bonchev–Trinajstić information content (AvgIpc) is 2.33. The smallest absolute Gasteiger partial charge is 0.0201 e. The van der Waals surface area contributed by atoms with Crippen molar-refractivity contribution in [2.45, 2.75) is 18.9 Å². The van der Waals surface area contributed by atoms with Gasteiger partial charge in [-0.25, -0.2) is 3.11 Å². The third-order valence-corrected chi connectivity index (χ3v) is 3.48. The van der Waals surface area contributed by atoms with Crippen LogP contribution in [-0.2, 0) is 0 Å². The third-order valence-electron chi connectivity index (χ3n) is 2.61. The van der Waals surface area contributed by atoms with Gasteiger partial charge in [0.15, 0.2) is 0 Å². The van der Waals surface area contributed by atoms with E-state index in [4.69, 9.17) is 0 Å². The van der Waals surface area contributed by atoms with E-state index in [2.05, 4.69) is 31.3 Å². The molecule has 0 aromatic carbocycles. The first kappa shape index (κ1) is 7.31. The molecule has 0 amide bonds. The summed E-state index contributed by atoms with van der Waals surface area (Å²) >= 11 is 2.44. The quantitative estimate of drug-likeness (QED) is 0.511. The standard InChI is InChI=1S/C7H13IN2/c8-10-4-2-7-6(5-10)1-3-9-7/h6-7,9H,1-5H2.